The molecule has 0 saturated carbocycles. The first-order valence-corrected chi connectivity index (χ1v) is 7.97. The second kappa shape index (κ2) is 4.06. The van der Waals surface area contributed by atoms with Gasteiger partial charge in [-0.2, -0.15) is 0 Å². The van der Waals surface area contributed by atoms with E-state index in [1.165, 1.54) is 18.4 Å². The number of benzene rings is 1. The van der Waals surface area contributed by atoms with Crippen LogP contribution in [0.25, 0.3) is 0 Å². The summed E-state index contributed by atoms with van der Waals surface area (Å²) in [5.41, 5.74) is 1.49. The Bertz CT molecular complexity index is 513. The van der Waals surface area contributed by atoms with E-state index in [0.717, 1.165) is 23.9 Å². The standard InChI is InChI=1S/C16H19BrO2/c1-15-5-6-16(19-15)7-8-18-14(13(16)10-15)11-3-2-4-12(17)9-11/h2-4,9,13-14H,5-8,10H2,1H3/t13-,14-,15+,16+/m1/s1. The van der Waals surface area contributed by atoms with Crippen LogP contribution < -0.4 is 0 Å². The van der Waals surface area contributed by atoms with Gasteiger partial charge in [0.1, 0.15) is 0 Å². The van der Waals surface area contributed by atoms with Gasteiger partial charge in [0.05, 0.1) is 23.9 Å². The van der Waals surface area contributed by atoms with Crippen molar-refractivity contribution in [3.8, 4) is 0 Å². The van der Waals surface area contributed by atoms with Gasteiger partial charge in [-0.15, -0.1) is 0 Å². The van der Waals surface area contributed by atoms with E-state index >= 15 is 0 Å². The molecule has 0 radical (unpaired) electrons. The minimum Gasteiger partial charge on any atom is -0.373 e. The first-order valence-electron chi connectivity index (χ1n) is 7.18. The second-order valence-electron chi connectivity index (χ2n) is 6.52. The highest BCUT2D eigenvalue weighted by Gasteiger charge is 2.62. The Morgan fingerprint density at radius 3 is 2.95 bits per heavy atom. The zero-order valence-electron chi connectivity index (χ0n) is 11.2. The first-order chi connectivity index (χ1) is 9.10. The lowest BCUT2D eigenvalue weighted by Crippen LogP contribution is -2.43. The number of rotatable bonds is 1. The molecule has 19 heavy (non-hydrogen) atoms. The fourth-order valence-corrected chi connectivity index (χ4v) is 4.77. The van der Waals surface area contributed by atoms with Crippen molar-refractivity contribution in [2.45, 2.75) is 49.9 Å². The first kappa shape index (κ1) is 12.4. The van der Waals surface area contributed by atoms with Crippen LogP contribution >= 0.6 is 15.9 Å². The predicted molar refractivity (Wildman–Crippen MR) is 77.0 cm³/mol. The van der Waals surface area contributed by atoms with E-state index in [9.17, 15) is 0 Å². The second-order valence-corrected chi connectivity index (χ2v) is 7.44. The maximum Gasteiger partial charge on any atom is 0.0882 e. The van der Waals surface area contributed by atoms with Gasteiger partial charge < -0.3 is 9.47 Å². The zero-order chi connectivity index (χ0) is 13.1. The Kier molecular flexibility index (Phi) is 2.64. The summed E-state index contributed by atoms with van der Waals surface area (Å²) in [7, 11) is 0. The number of hydrogen-bond donors (Lipinski definition) is 0. The number of ether oxygens (including phenoxy) is 2. The summed E-state index contributed by atoms with van der Waals surface area (Å²) in [6.45, 7) is 3.10. The lowest BCUT2D eigenvalue weighted by Gasteiger charge is -2.42. The lowest BCUT2D eigenvalue weighted by molar-refractivity contribution is -0.137. The highest BCUT2D eigenvalue weighted by atomic mass is 79.9. The van der Waals surface area contributed by atoms with Crippen molar-refractivity contribution < 1.29 is 9.47 Å². The van der Waals surface area contributed by atoms with E-state index in [1.807, 2.05) is 0 Å². The van der Waals surface area contributed by atoms with E-state index in [-0.39, 0.29) is 17.3 Å². The molecule has 1 spiro atoms. The van der Waals surface area contributed by atoms with Crippen LogP contribution in [0.3, 0.4) is 0 Å². The molecule has 102 valence electrons. The smallest absolute Gasteiger partial charge is 0.0882 e. The summed E-state index contributed by atoms with van der Waals surface area (Å²) in [6, 6.07) is 8.54. The molecular weight excluding hydrogens is 304 g/mol. The van der Waals surface area contributed by atoms with Gasteiger partial charge in [-0.1, -0.05) is 28.1 Å². The normalized spacial score (nSPS) is 44.3. The molecule has 3 aliphatic heterocycles. The molecule has 3 heterocycles. The van der Waals surface area contributed by atoms with Gasteiger partial charge in [0.2, 0.25) is 0 Å². The van der Waals surface area contributed by atoms with Crippen LogP contribution in [-0.4, -0.2) is 17.8 Å². The molecule has 0 aromatic heterocycles. The summed E-state index contributed by atoms with van der Waals surface area (Å²) in [5, 5.41) is 0. The van der Waals surface area contributed by atoms with E-state index in [4.69, 9.17) is 9.47 Å². The number of hydrogen-bond acceptors (Lipinski definition) is 2. The van der Waals surface area contributed by atoms with Gasteiger partial charge in [-0.3, -0.25) is 0 Å². The minimum atomic E-state index is 0.0972. The summed E-state index contributed by atoms with van der Waals surface area (Å²) in [6.07, 6.45) is 4.84. The van der Waals surface area contributed by atoms with Crippen molar-refractivity contribution in [2.24, 2.45) is 5.92 Å². The molecule has 0 amide bonds. The molecule has 3 heteroatoms. The van der Waals surface area contributed by atoms with Crippen molar-refractivity contribution in [2.75, 3.05) is 6.61 Å². The topological polar surface area (TPSA) is 18.5 Å². The Labute approximate surface area is 122 Å². The minimum absolute atomic E-state index is 0.0972. The van der Waals surface area contributed by atoms with Crippen molar-refractivity contribution in [3.63, 3.8) is 0 Å². The molecule has 0 aliphatic carbocycles. The highest BCUT2D eigenvalue weighted by molar-refractivity contribution is 9.10. The van der Waals surface area contributed by atoms with Crippen LogP contribution in [0.1, 0.15) is 44.3 Å². The fourth-order valence-electron chi connectivity index (χ4n) is 4.36. The average Bonchev–Trinajstić information content (AvgIpc) is 2.87. The van der Waals surface area contributed by atoms with Crippen LogP contribution in [-0.2, 0) is 9.47 Å². The van der Waals surface area contributed by atoms with Crippen molar-refractivity contribution >= 4 is 15.9 Å². The largest absolute Gasteiger partial charge is 0.373 e. The van der Waals surface area contributed by atoms with Gasteiger partial charge >= 0.3 is 0 Å². The van der Waals surface area contributed by atoms with E-state index in [1.54, 1.807) is 0 Å². The van der Waals surface area contributed by atoms with Crippen LogP contribution in [0.15, 0.2) is 28.7 Å². The zero-order valence-corrected chi connectivity index (χ0v) is 12.8. The molecule has 4 rings (SSSR count). The summed E-state index contributed by atoms with van der Waals surface area (Å²) >= 11 is 3.56. The van der Waals surface area contributed by atoms with Crippen LogP contribution in [0.5, 0.6) is 0 Å². The van der Waals surface area contributed by atoms with Crippen molar-refractivity contribution in [1.82, 2.24) is 0 Å². The summed E-state index contributed by atoms with van der Waals surface area (Å²) in [5.74, 6) is 0.522. The van der Waals surface area contributed by atoms with Gasteiger partial charge in [-0.25, -0.2) is 0 Å². The summed E-state index contributed by atoms with van der Waals surface area (Å²) < 4.78 is 13.7. The number of halogens is 1. The predicted octanol–water partition coefficient (Wildman–Crippen LogP) is 4.24. The van der Waals surface area contributed by atoms with Gasteiger partial charge in [0, 0.05) is 16.8 Å². The Morgan fingerprint density at radius 1 is 1.26 bits per heavy atom. The van der Waals surface area contributed by atoms with Crippen molar-refractivity contribution in [3.05, 3.63) is 34.3 Å². The maximum absolute atomic E-state index is 6.44. The van der Waals surface area contributed by atoms with Gasteiger partial charge in [0.25, 0.3) is 0 Å². The fraction of sp³-hybridized carbons (Fsp3) is 0.625. The van der Waals surface area contributed by atoms with Gasteiger partial charge in [-0.05, 0) is 43.9 Å². The molecule has 1 aromatic rings. The third-order valence-electron chi connectivity index (χ3n) is 5.22. The molecule has 3 saturated heterocycles. The van der Waals surface area contributed by atoms with Crippen molar-refractivity contribution in [1.29, 1.82) is 0 Å². The quantitative estimate of drug-likeness (QED) is 0.770. The molecular formula is C16H19BrO2. The molecule has 4 atom stereocenters. The third kappa shape index (κ3) is 1.82. The lowest BCUT2D eigenvalue weighted by atomic mass is 9.68. The van der Waals surface area contributed by atoms with Gasteiger partial charge in [0.15, 0.2) is 0 Å². The number of fused-ring (bicyclic) bond motifs is 1. The Hall–Kier alpha value is -0.380. The Balaban J connectivity index is 1.71. The van der Waals surface area contributed by atoms with E-state index in [0.29, 0.717) is 5.92 Å². The summed E-state index contributed by atoms with van der Waals surface area (Å²) in [4.78, 5) is 0. The Morgan fingerprint density at radius 2 is 2.16 bits per heavy atom. The van der Waals surface area contributed by atoms with Crippen LogP contribution in [0, 0.1) is 5.92 Å². The molecule has 3 fully saturated rings. The molecule has 1 aromatic carbocycles. The van der Waals surface area contributed by atoms with Crippen LogP contribution in [0.2, 0.25) is 0 Å². The van der Waals surface area contributed by atoms with Crippen LogP contribution in [0.4, 0.5) is 0 Å². The molecule has 3 aliphatic rings. The average molecular weight is 323 g/mol. The molecule has 0 N–H and O–H groups in total. The maximum atomic E-state index is 6.44. The molecule has 2 nitrogen and oxygen atoms in total. The molecule has 2 bridgehead atoms. The monoisotopic (exact) mass is 322 g/mol. The van der Waals surface area contributed by atoms with E-state index in [2.05, 4.69) is 47.1 Å². The highest BCUT2D eigenvalue weighted by Crippen LogP contribution is 2.61. The molecule has 0 unspecified atom stereocenters. The SMILES string of the molecule is C[C@]12CC[C@@]3(CCO[C@H](c4cccc(Br)c4)[C@H]3C1)O2. The third-order valence-corrected chi connectivity index (χ3v) is 5.71. The van der Waals surface area contributed by atoms with E-state index < -0.39 is 0 Å².